The van der Waals surface area contributed by atoms with Crippen molar-refractivity contribution in [2.24, 2.45) is 10.4 Å². The maximum Gasteiger partial charge on any atom is 0.258 e. The van der Waals surface area contributed by atoms with Gasteiger partial charge >= 0.3 is 0 Å². The molecule has 8 rings (SSSR count). The van der Waals surface area contributed by atoms with Crippen LogP contribution in [0.5, 0.6) is 5.75 Å². The Morgan fingerprint density at radius 1 is 0.944 bits per heavy atom. The van der Waals surface area contributed by atoms with Crippen molar-refractivity contribution in [1.82, 2.24) is 40.6 Å². The minimum absolute atomic E-state index is 0.00614. The van der Waals surface area contributed by atoms with Gasteiger partial charge in [0.2, 0.25) is 11.8 Å². The van der Waals surface area contributed by atoms with Gasteiger partial charge in [0.15, 0.2) is 22.3 Å². The van der Waals surface area contributed by atoms with Gasteiger partial charge in [-0.25, -0.2) is 13.4 Å². The van der Waals surface area contributed by atoms with Gasteiger partial charge in [0.1, 0.15) is 28.7 Å². The molecule has 3 aromatic carbocycles. The molecule has 6 aromatic rings. The molecule has 0 unspecified atom stereocenters. The highest BCUT2D eigenvalue weighted by Gasteiger charge is 2.43. The maximum absolute atomic E-state index is 14.2. The van der Waals surface area contributed by atoms with Crippen LogP contribution in [0.15, 0.2) is 100 Å². The van der Waals surface area contributed by atoms with Gasteiger partial charge in [-0.3, -0.25) is 23.9 Å². The average molecular weight is 1050 g/mol. The van der Waals surface area contributed by atoms with Crippen molar-refractivity contribution >= 4 is 67.5 Å². The smallest absolute Gasteiger partial charge is 0.258 e. The molecule has 16 nitrogen and oxygen atoms in total. The molecule has 3 amide bonds. The number of hydrogen-bond acceptors (Lipinski definition) is 14. The van der Waals surface area contributed by atoms with Gasteiger partial charge in [-0.2, -0.15) is 0 Å². The molecule has 4 atom stereocenters. The van der Waals surface area contributed by atoms with Crippen LogP contribution in [-0.2, 0) is 30.8 Å². The second kappa shape index (κ2) is 21.5. The van der Waals surface area contributed by atoms with E-state index in [9.17, 15) is 27.9 Å². The lowest BCUT2D eigenvalue weighted by Gasteiger charge is -2.36. The topological polar surface area (TPSA) is 210 Å². The van der Waals surface area contributed by atoms with E-state index < -0.39 is 57.9 Å². The number of aryl methyl sites for hydroxylation is 3. The lowest BCUT2D eigenvalue weighted by atomic mass is 9.85. The molecule has 3 aromatic heterocycles. The molecule has 72 heavy (non-hydrogen) atoms. The molecule has 2 aliphatic heterocycles. The number of sulfone groups is 1. The summed E-state index contributed by atoms with van der Waals surface area (Å²) in [6.07, 6.45) is -0.584. The Morgan fingerprint density at radius 3 is 2.31 bits per heavy atom. The summed E-state index contributed by atoms with van der Waals surface area (Å²) in [6.45, 7) is 17.6. The van der Waals surface area contributed by atoms with Crippen molar-refractivity contribution < 1.29 is 32.6 Å². The number of fused-ring (bicyclic) bond motifs is 3. The lowest BCUT2D eigenvalue weighted by molar-refractivity contribution is -0.140. The Morgan fingerprint density at radius 2 is 1.64 bits per heavy atom. The number of thiophene rings is 1. The van der Waals surface area contributed by atoms with Crippen molar-refractivity contribution in [3.8, 4) is 21.2 Å². The number of halogens is 1. The predicted molar refractivity (Wildman–Crippen MR) is 281 cm³/mol. The number of nitrogens with one attached hydrogen (secondary N) is 3. The molecule has 0 bridgehead atoms. The van der Waals surface area contributed by atoms with Gasteiger partial charge in [0, 0.05) is 52.8 Å². The van der Waals surface area contributed by atoms with Gasteiger partial charge in [0.25, 0.3) is 5.91 Å². The van der Waals surface area contributed by atoms with E-state index in [4.69, 9.17) is 21.3 Å². The third kappa shape index (κ3) is 11.5. The van der Waals surface area contributed by atoms with Crippen molar-refractivity contribution in [2.45, 2.75) is 97.0 Å². The number of aliphatic hydroxyl groups excluding tert-OH is 1. The van der Waals surface area contributed by atoms with Crippen LogP contribution >= 0.6 is 34.3 Å². The van der Waals surface area contributed by atoms with E-state index in [1.54, 1.807) is 39.7 Å². The van der Waals surface area contributed by atoms with Gasteiger partial charge < -0.3 is 30.7 Å². The van der Waals surface area contributed by atoms with E-state index in [1.165, 1.54) is 24.3 Å². The van der Waals surface area contributed by atoms with Crippen molar-refractivity contribution in [3.63, 3.8) is 0 Å². The van der Waals surface area contributed by atoms with Crippen LogP contribution in [0.2, 0.25) is 5.02 Å². The number of aliphatic hydroxyl groups is 1. The summed E-state index contributed by atoms with van der Waals surface area (Å²) in [5, 5.41) is 30.0. The molecule has 0 spiro atoms. The molecule has 0 saturated carbocycles. The van der Waals surface area contributed by atoms with Gasteiger partial charge in [0.05, 0.1) is 51.0 Å². The summed E-state index contributed by atoms with van der Waals surface area (Å²) in [6, 6.07) is 19.0. The first-order chi connectivity index (χ1) is 34.2. The molecule has 0 aliphatic carbocycles. The van der Waals surface area contributed by atoms with Crippen LogP contribution in [0.4, 0.5) is 0 Å². The van der Waals surface area contributed by atoms with Crippen molar-refractivity contribution in [3.05, 3.63) is 140 Å². The van der Waals surface area contributed by atoms with Crippen LogP contribution in [0.25, 0.3) is 15.4 Å². The zero-order chi connectivity index (χ0) is 51.6. The highest BCUT2D eigenvalue weighted by molar-refractivity contribution is 7.91. The number of carbonyl (C=O) groups excluding carboxylic acids is 3. The molecule has 378 valence electrons. The number of hydrogen-bond donors (Lipinski definition) is 4. The SMILES string of the molecule is C=C(NCc1ccc(-c2scnc2C)cc1)[C@@H]1C[C@@H](O)CN1C(=O)[C@@H](NC(=O)COc1ccc(S(=O)(=O)CCNC(=O)C[C@@H]2N=C(c3ccc(Cl)cc3)c3c(sc(C)c3C)-n3c(C)nnc32)cc1)C(C)(C)C. The van der Waals surface area contributed by atoms with E-state index in [2.05, 4.69) is 44.6 Å². The Kier molecular flexibility index (Phi) is 15.5. The zero-order valence-corrected chi connectivity index (χ0v) is 44.4. The van der Waals surface area contributed by atoms with E-state index >= 15 is 0 Å². The molecule has 2 aliphatic rings. The summed E-state index contributed by atoms with van der Waals surface area (Å²) in [5.74, 6) is -0.314. The fraction of sp³-hybridized carbons (Fsp3) is 0.365. The van der Waals surface area contributed by atoms with Crippen molar-refractivity contribution in [2.75, 3.05) is 25.4 Å². The number of nitrogens with zero attached hydrogens (tertiary/aromatic N) is 6. The molecule has 1 fully saturated rings. The Labute approximate surface area is 432 Å². The summed E-state index contributed by atoms with van der Waals surface area (Å²) in [4.78, 5) is 54.4. The highest BCUT2D eigenvalue weighted by atomic mass is 35.5. The molecular weight excluding hydrogens is 994 g/mol. The number of benzene rings is 3. The average Bonchev–Trinajstić information content (AvgIpc) is 4.11. The van der Waals surface area contributed by atoms with Crippen molar-refractivity contribution in [1.29, 1.82) is 0 Å². The van der Waals surface area contributed by atoms with Gasteiger partial charge in [-0.05, 0) is 86.2 Å². The minimum Gasteiger partial charge on any atom is -0.484 e. The second-order valence-electron chi connectivity index (χ2n) is 19.1. The number of likely N-dealkylation sites (tertiary alicyclic amines) is 1. The van der Waals surface area contributed by atoms with E-state index in [0.717, 1.165) is 48.3 Å². The minimum atomic E-state index is -3.85. The molecule has 0 radical (unpaired) electrons. The van der Waals surface area contributed by atoms with E-state index in [1.807, 2.05) is 88.0 Å². The summed E-state index contributed by atoms with van der Waals surface area (Å²) < 4.78 is 34.6. The van der Waals surface area contributed by atoms with Gasteiger partial charge in [-0.15, -0.1) is 32.9 Å². The molecule has 5 heterocycles. The van der Waals surface area contributed by atoms with Crippen LogP contribution in [-0.4, -0.2) is 105 Å². The van der Waals surface area contributed by atoms with Crippen LogP contribution in [0, 0.1) is 33.1 Å². The Balaban J connectivity index is 0.838. The Hall–Kier alpha value is -6.25. The Bertz CT molecular complexity index is 3140. The molecule has 1 saturated heterocycles. The van der Waals surface area contributed by atoms with E-state index in [-0.39, 0.29) is 41.8 Å². The third-order valence-corrected chi connectivity index (χ3v) is 17.0. The molecule has 20 heteroatoms. The van der Waals surface area contributed by atoms with Crippen LogP contribution in [0.3, 0.4) is 0 Å². The van der Waals surface area contributed by atoms with Crippen LogP contribution < -0.4 is 20.7 Å². The number of rotatable bonds is 17. The number of β-amino-alcohol motifs (C(OH)–C–C–N with tert-alkyl or cyclic N) is 1. The zero-order valence-electron chi connectivity index (χ0n) is 41.2. The quantitative estimate of drug-likeness (QED) is 0.0708. The second-order valence-corrected chi connectivity index (χ2v) is 23.7. The summed E-state index contributed by atoms with van der Waals surface area (Å²) in [5.41, 5.74) is 8.30. The highest BCUT2D eigenvalue weighted by Crippen LogP contribution is 2.40. The first-order valence-electron chi connectivity index (χ1n) is 23.5. The third-order valence-electron chi connectivity index (χ3n) is 12.8. The molecule has 4 N–H and O–H groups in total. The monoisotopic (exact) mass is 1050 g/mol. The van der Waals surface area contributed by atoms with Crippen LogP contribution in [0.1, 0.15) is 84.1 Å². The number of thiazole rings is 1. The fourth-order valence-corrected chi connectivity index (χ4v) is 12.1. The standard InChI is InChI=1S/C52H58ClN9O7S3/c1-29-32(4)71-51-45(29)46(35-13-15-37(53)16-14-35)57-41(49-60-59-33(5)62(49)51)24-43(64)54-21-22-72(67,68)40-19-17-39(18-20-40)69-27-44(65)58-48(52(6,7)8)50(66)61-26-38(63)23-42(61)30(2)55-25-34-9-11-36(12-10-34)47-31(3)56-28-70-47/h9-20,28,38,41-42,48,55,63H,2,21-27H2,1,3-8H3,(H,54,64)(H,58,65)/t38-,41+,42+,48-/m1/s1. The van der Waals surface area contributed by atoms with E-state index in [0.29, 0.717) is 41.0 Å². The first-order valence-corrected chi connectivity index (χ1v) is 27.2. The predicted octanol–water partition coefficient (Wildman–Crippen LogP) is 7.39. The fourth-order valence-electron chi connectivity index (χ4n) is 8.81. The number of ether oxygens (including phenoxy) is 1. The number of aromatic nitrogens is 4. The largest absolute Gasteiger partial charge is 0.484 e. The summed E-state index contributed by atoms with van der Waals surface area (Å²) in [7, 11) is -3.85. The first kappa shape index (κ1) is 52.1. The van der Waals surface area contributed by atoms with Gasteiger partial charge in [-0.1, -0.05) is 75.3 Å². The number of aliphatic imine (C=N–C) groups is 1. The summed E-state index contributed by atoms with van der Waals surface area (Å²) >= 11 is 9.43. The molecular formula is C52H58ClN9O7S3. The number of carbonyl (C=O) groups is 3. The number of amides is 3. The normalized spacial score (nSPS) is 17.0. The maximum atomic E-state index is 14.2. The lowest BCUT2D eigenvalue weighted by Crippen LogP contribution is -2.57.